The maximum Gasteiger partial charge on any atom is 0.412 e. The van der Waals surface area contributed by atoms with E-state index in [0.29, 0.717) is 11.4 Å². The third kappa shape index (κ3) is 9.94. The molecule has 0 spiro atoms. The number of hydrogen-bond acceptors (Lipinski definition) is 14. The normalized spacial score (nSPS) is 21.8. The van der Waals surface area contributed by atoms with Crippen molar-refractivity contribution in [3.8, 4) is 0 Å². The molecular formula is C26H29N5O13P2-2. The van der Waals surface area contributed by atoms with Gasteiger partial charge >= 0.3 is 17.9 Å². The highest BCUT2D eigenvalue weighted by atomic mass is 31.3. The van der Waals surface area contributed by atoms with Gasteiger partial charge in [-0.25, -0.2) is 14.4 Å². The number of para-hydroxylation sites is 2. The first kappa shape index (κ1) is 34.7. The minimum atomic E-state index is -5.56. The number of amides is 2. The van der Waals surface area contributed by atoms with Crippen LogP contribution in [0.25, 0.3) is 0 Å². The molecular weight excluding hydrogens is 652 g/mol. The van der Waals surface area contributed by atoms with E-state index in [1.54, 1.807) is 48.5 Å². The Morgan fingerprint density at radius 3 is 2.02 bits per heavy atom. The molecule has 248 valence electrons. The SMILES string of the molecule is NCCCP(=O)([O-])OP(=O)([O-])OC[C@H]1O[C@@H](n2ccc(=O)[nH]c2=O)C(OC(=O)Nc2ccccc2)[C@H]1OC(=O)Nc1ccccc1. The number of rotatable bonds is 13. The molecule has 1 fully saturated rings. The first-order valence-electron chi connectivity index (χ1n) is 13.6. The number of hydrogen-bond donors (Lipinski definition) is 4. The number of carbonyl (C=O) groups is 2. The van der Waals surface area contributed by atoms with Crippen molar-refractivity contribution in [2.45, 2.75) is 31.0 Å². The summed E-state index contributed by atoms with van der Waals surface area (Å²) in [6.07, 6.45) is -8.58. The van der Waals surface area contributed by atoms with Crippen LogP contribution in [0.15, 0.2) is 82.5 Å². The minimum absolute atomic E-state index is 0.0513. The highest BCUT2D eigenvalue weighted by Crippen LogP contribution is 2.55. The number of nitrogens with one attached hydrogen (secondary N) is 3. The van der Waals surface area contributed by atoms with Crippen LogP contribution in [-0.2, 0) is 32.2 Å². The van der Waals surface area contributed by atoms with E-state index in [-0.39, 0.29) is 13.0 Å². The van der Waals surface area contributed by atoms with Gasteiger partial charge in [0.05, 0.1) is 6.61 Å². The summed E-state index contributed by atoms with van der Waals surface area (Å²) in [4.78, 5) is 76.9. The van der Waals surface area contributed by atoms with Crippen LogP contribution in [0.1, 0.15) is 12.6 Å². The van der Waals surface area contributed by atoms with Crippen molar-refractivity contribution in [2.75, 3.05) is 29.9 Å². The Hall–Kier alpha value is -4.12. The van der Waals surface area contributed by atoms with Crippen LogP contribution in [0.3, 0.4) is 0 Å². The summed E-state index contributed by atoms with van der Waals surface area (Å²) in [5.74, 6) is 0. The van der Waals surface area contributed by atoms with E-state index < -0.39 is 76.2 Å². The molecule has 18 nitrogen and oxygen atoms in total. The molecule has 3 aromatic rings. The number of phosphoric acid groups is 1. The summed E-state index contributed by atoms with van der Waals surface area (Å²) in [5.41, 5.74) is 4.09. The monoisotopic (exact) mass is 681 g/mol. The molecule has 1 aromatic heterocycles. The maximum absolute atomic E-state index is 13.0. The molecule has 5 N–H and O–H groups in total. The Morgan fingerprint density at radius 1 is 0.913 bits per heavy atom. The molecule has 1 aliphatic rings. The highest BCUT2D eigenvalue weighted by Gasteiger charge is 2.51. The lowest BCUT2D eigenvalue weighted by atomic mass is 10.1. The molecule has 0 bridgehead atoms. The molecule has 0 aliphatic carbocycles. The second kappa shape index (κ2) is 15.4. The molecule has 1 saturated heterocycles. The number of phosphoric ester groups is 1. The zero-order valence-electron chi connectivity index (χ0n) is 23.8. The highest BCUT2D eigenvalue weighted by molar-refractivity contribution is 7.62. The lowest BCUT2D eigenvalue weighted by Crippen LogP contribution is -2.44. The van der Waals surface area contributed by atoms with Gasteiger partial charge in [0, 0.05) is 29.8 Å². The smallest absolute Gasteiger partial charge is 0.412 e. The number of aromatic nitrogens is 2. The Morgan fingerprint density at radius 2 is 1.48 bits per heavy atom. The van der Waals surface area contributed by atoms with E-state index in [4.69, 9.17) is 24.5 Å². The van der Waals surface area contributed by atoms with E-state index in [1.807, 2.05) is 4.98 Å². The standard InChI is InChI=1S/C26H31N5O13P2/c27-13-7-15-45(36,37)44-46(38,39)40-16-19-21(42-25(34)28-17-8-3-1-4-9-17)22(43-26(35)29-18-10-5-2-6-11-18)23(41-19)31-14-12-20(32)30-24(31)33/h1-6,8-12,14,19,21-23H,7,13,15-16,27H2,(H,28,34)(H,29,35)(H,36,37)(H,38,39)(H,30,32,33)/p-2/t19-,21+,22?,23-/m1/s1. The molecule has 46 heavy (non-hydrogen) atoms. The number of anilines is 2. The second-order valence-corrected chi connectivity index (χ2v) is 13.1. The lowest BCUT2D eigenvalue weighted by molar-refractivity contribution is -0.233. The average Bonchev–Trinajstić information content (AvgIpc) is 3.31. The quantitative estimate of drug-likeness (QED) is 0.184. The predicted octanol–water partition coefficient (Wildman–Crippen LogP) is 1.07. The second-order valence-electron chi connectivity index (χ2n) is 9.61. The van der Waals surface area contributed by atoms with Gasteiger partial charge in [0.2, 0.25) is 0 Å². The van der Waals surface area contributed by atoms with Crippen LogP contribution in [-0.4, -0.2) is 59.4 Å². The van der Waals surface area contributed by atoms with Gasteiger partial charge in [-0.05, 0) is 37.2 Å². The van der Waals surface area contributed by atoms with Crippen molar-refractivity contribution < 1.29 is 51.6 Å². The van der Waals surface area contributed by atoms with Gasteiger partial charge in [-0.15, -0.1) is 0 Å². The Labute approximate surface area is 260 Å². The van der Waals surface area contributed by atoms with Crippen molar-refractivity contribution in [2.24, 2.45) is 5.73 Å². The van der Waals surface area contributed by atoms with Gasteiger partial charge in [-0.1, -0.05) is 36.4 Å². The Kier molecular flexibility index (Phi) is 11.7. The van der Waals surface area contributed by atoms with E-state index in [0.717, 1.165) is 16.8 Å². The van der Waals surface area contributed by atoms with E-state index in [1.165, 1.54) is 12.1 Å². The summed E-state index contributed by atoms with van der Waals surface area (Å²) < 4.78 is 51.2. The van der Waals surface area contributed by atoms with Crippen molar-refractivity contribution in [1.82, 2.24) is 9.55 Å². The number of ether oxygens (including phenoxy) is 3. The van der Waals surface area contributed by atoms with Gasteiger partial charge in [0.25, 0.3) is 13.4 Å². The predicted molar refractivity (Wildman–Crippen MR) is 157 cm³/mol. The van der Waals surface area contributed by atoms with Crippen LogP contribution in [0.4, 0.5) is 21.0 Å². The zero-order chi connectivity index (χ0) is 33.3. The summed E-state index contributed by atoms with van der Waals surface area (Å²) in [6.45, 7) is -1.08. The van der Waals surface area contributed by atoms with Crippen molar-refractivity contribution in [3.05, 3.63) is 93.8 Å². The zero-order valence-corrected chi connectivity index (χ0v) is 25.6. The Bertz CT molecular complexity index is 1710. The van der Waals surface area contributed by atoms with Crippen LogP contribution >= 0.6 is 15.4 Å². The summed E-state index contributed by atoms with van der Waals surface area (Å²) >= 11 is 0. The van der Waals surface area contributed by atoms with Crippen molar-refractivity contribution >= 4 is 39.0 Å². The van der Waals surface area contributed by atoms with Crippen LogP contribution in [0.2, 0.25) is 0 Å². The van der Waals surface area contributed by atoms with Crippen LogP contribution in [0.5, 0.6) is 0 Å². The van der Waals surface area contributed by atoms with Crippen LogP contribution < -0.4 is 37.4 Å². The topological polar surface area (TPSA) is 265 Å². The number of benzene rings is 2. The molecule has 2 heterocycles. The molecule has 0 saturated carbocycles. The number of carbonyl (C=O) groups excluding carboxylic acids is 2. The number of nitrogens with zero attached hydrogens (tertiary/aromatic N) is 1. The van der Waals surface area contributed by atoms with Crippen molar-refractivity contribution in [3.63, 3.8) is 0 Å². The molecule has 20 heteroatoms. The third-order valence-corrected chi connectivity index (χ3v) is 9.32. The number of aromatic amines is 1. The minimum Gasteiger partial charge on any atom is -0.778 e. The summed E-state index contributed by atoms with van der Waals surface area (Å²) in [7, 11) is -10.5. The first-order valence-corrected chi connectivity index (χ1v) is 16.7. The third-order valence-electron chi connectivity index (χ3n) is 6.19. The first-order chi connectivity index (χ1) is 21.9. The average molecular weight is 681 g/mol. The molecule has 4 rings (SSSR count). The number of nitrogens with two attached hydrogens (primary N) is 1. The van der Waals surface area contributed by atoms with E-state index in [9.17, 15) is 38.1 Å². The van der Waals surface area contributed by atoms with E-state index >= 15 is 0 Å². The molecule has 2 amide bonds. The van der Waals surface area contributed by atoms with Gasteiger partial charge in [-0.2, -0.15) is 0 Å². The fourth-order valence-corrected chi connectivity index (χ4v) is 6.85. The van der Waals surface area contributed by atoms with Crippen molar-refractivity contribution in [1.29, 1.82) is 0 Å². The van der Waals surface area contributed by atoms with Gasteiger partial charge in [-0.3, -0.25) is 33.9 Å². The van der Waals surface area contributed by atoms with Gasteiger partial charge in [0.15, 0.2) is 18.4 Å². The lowest BCUT2D eigenvalue weighted by Gasteiger charge is -2.32. The van der Waals surface area contributed by atoms with Gasteiger partial charge in [0.1, 0.15) is 13.7 Å². The summed E-state index contributed by atoms with van der Waals surface area (Å²) in [5, 5.41) is 4.89. The number of H-pyrrole nitrogens is 1. The summed E-state index contributed by atoms with van der Waals surface area (Å²) in [6, 6.07) is 17.0. The Balaban J connectivity index is 1.64. The fourth-order valence-electron chi connectivity index (χ4n) is 4.21. The molecule has 0 radical (unpaired) electrons. The molecule has 2 aromatic carbocycles. The molecule has 3 unspecified atom stereocenters. The van der Waals surface area contributed by atoms with Crippen LogP contribution in [0, 0.1) is 0 Å². The molecule has 6 atom stereocenters. The maximum atomic E-state index is 13.0. The van der Waals surface area contributed by atoms with E-state index in [2.05, 4.69) is 14.9 Å². The molecule has 1 aliphatic heterocycles. The van der Waals surface area contributed by atoms with Gasteiger partial charge < -0.3 is 38.8 Å². The largest absolute Gasteiger partial charge is 0.778 e. The fraction of sp³-hybridized carbons (Fsp3) is 0.308.